The number of nitrogens with one attached hydrogen (secondary N) is 1. The molecule has 1 amide bonds. The van der Waals surface area contributed by atoms with Gasteiger partial charge in [-0.1, -0.05) is 41.4 Å². The molecule has 0 spiro atoms. The summed E-state index contributed by atoms with van der Waals surface area (Å²) in [6.45, 7) is 5.66. The highest BCUT2D eigenvalue weighted by atomic mass is 35.5. The molecular formula is C26H26ClN5O. The quantitative estimate of drug-likeness (QED) is 0.436. The molecule has 2 aromatic carbocycles. The van der Waals surface area contributed by atoms with Gasteiger partial charge in [0.1, 0.15) is 5.82 Å². The highest BCUT2D eigenvalue weighted by Crippen LogP contribution is 2.28. The molecule has 0 bridgehead atoms. The van der Waals surface area contributed by atoms with Crippen molar-refractivity contribution < 1.29 is 4.79 Å². The number of carbonyl (C=O) groups excluding carboxylic acids is 1. The van der Waals surface area contributed by atoms with Crippen LogP contribution in [0.25, 0.3) is 16.9 Å². The normalized spacial score (nSPS) is 14.6. The number of carbonyl (C=O) groups is 1. The molecule has 1 aliphatic heterocycles. The van der Waals surface area contributed by atoms with Crippen LogP contribution in [-0.2, 0) is 4.79 Å². The summed E-state index contributed by atoms with van der Waals surface area (Å²) in [6.07, 6.45) is 1.57. The maximum Gasteiger partial charge on any atom is 0.227 e. The molecule has 0 radical (unpaired) electrons. The number of benzene rings is 2. The molecule has 1 aliphatic rings. The van der Waals surface area contributed by atoms with Gasteiger partial charge < -0.3 is 10.2 Å². The van der Waals surface area contributed by atoms with Crippen molar-refractivity contribution in [3.63, 3.8) is 0 Å². The fourth-order valence-electron chi connectivity index (χ4n) is 4.32. The van der Waals surface area contributed by atoms with Gasteiger partial charge in [-0.25, -0.2) is 4.98 Å². The van der Waals surface area contributed by atoms with Crippen molar-refractivity contribution in [2.75, 3.05) is 23.3 Å². The van der Waals surface area contributed by atoms with Gasteiger partial charge in [-0.15, -0.1) is 0 Å². The fourth-order valence-corrected chi connectivity index (χ4v) is 4.45. The third-order valence-electron chi connectivity index (χ3n) is 6.19. The molecule has 2 aromatic heterocycles. The first kappa shape index (κ1) is 21.5. The summed E-state index contributed by atoms with van der Waals surface area (Å²) in [6, 6.07) is 19.7. The lowest BCUT2D eigenvalue weighted by molar-refractivity contribution is -0.120. The van der Waals surface area contributed by atoms with Crippen LogP contribution in [-0.4, -0.2) is 33.6 Å². The van der Waals surface area contributed by atoms with E-state index in [4.69, 9.17) is 21.7 Å². The lowest BCUT2D eigenvalue weighted by Gasteiger charge is -2.33. The minimum atomic E-state index is -0.0175. The summed E-state index contributed by atoms with van der Waals surface area (Å²) in [5.74, 6) is 1.07. The number of hydrogen-bond donors (Lipinski definition) is 1. The lowest BCUT2D eigenvalue weighted by atomic mass is 9.95. The molecule has 33 heavy (non-hydrogen) atoms. The SMILES string of the molecule is Cc1ccc(-c2cc3nc(C)cc(N4CCC(C(=O)Nc5ccc(Cl)cc5)CC4)n3n2)cc1. The van der Waals surface area contributed by atoms with Gasteiger partial charge in [-0.2, -0.15) is 9.61 Å². The summed E-state index contributed by atoms with van der Waals surface area (Å²) in [5, 5.41) is 8.54. The molecule has 1 N–H and O–H groups in total. The Balaban J connectivity index is 1.33. The number of hydrogen-bond acceptors (Lipinski definition) is 4. The number of piperidine rings is 1. The van der Waals surface area contributed by atoms with Gasteiger partial charge in [0.2, 0.25) is 5.91 Å². The maximum atomic E-state index is 12.8. The molecule has 3 heterocycles. The van der Waals surface area contributed by atoms with Crippen LogP contribution in [0.15, 0.2) is 60.7 Å². The van der Waals surface area contributed by atoms with Gasteiger partial charge in [-0.05, 0) is 51.0 Å². The van der Waals surface area contributed by atoms with Crippen molar-refractivity contribution in [3.05, 3.63) is 76.9 Å². The lowest BCUT2D eigenvalue weighted by Crippen LogP contribution is -2.39. The number of amides is 1. The Morgan fingerprint density at radius 1 is 1.00 bits per heavy atom. The highest BCUT2D eigenvalue weighted by molar-refractivity contribution is 6.30. The van der Waals surface area contributed by atoms with E-state index < -0.39 is 0 Å². The van der Waals surface area contributed by atoms with E-state index in [0.717, 1.165) is 60.0 Å². The van der Waals surface area contributed by atoms with Crippen molar-refractivity contribution >= 4 is 34.7 Å². The Bertz CT molecular complexity index is 1290. The second-order valence-electron chi connectivity index (χ2n) is 8.68. The third kappa shape index (κ3) is 4.57. The predicted molar refractivity (Wildman–Crippen MR) is 133 cm³/mol. The minimum Gasteiger partial charge on any atom is -0.356 e. The Hall–Kier alpha value is -3.38. The van der Waals surface area contributed by atoms with Crippen LogP contribution in [0.3, 0.4) is 0 Å². The maximum absolute atomic E-state index is 12.8. The monoisotopic (exact) mass is 459 g/mol. The summed E-state index contributed by atoms with van der Waals surface area (Å²) in [5.41, 5.74) is 5.77. The Morgan fingerprint density at radius 3 is 2.39 bits per heavy atom. The molecule has 0 saturated carbocycles. The van der Waals surface area contributed by atoms with E-state index in [2.05, 4.69) is 47.5 Å². The molecule has 0 atom stereocenters. The van der Waals surface area contributed by atoms with Gasteiger partial charge in [0.25, 0.3) is 0 Å². The third-order valence-corrected chi connectivity index (χ3v) is 6.44. The first-order valence-electron chi connectivity index (χ1n) is 11.2. The van der Waals surface area contributed by atoms with Crippen LogP contribution in [0.1, 0.15) is 24.1 Å². The smallest absolute Gasteiger partial charge is 0.227 e. The zero-order chi connectivity index (χ0) is 22.9. The van der Waals surface area contributed by atoms with Crippen LogP contribution < -0.4 is 10.2 Å². The van der Waals surface area contributed by atoms with E-state index in [-0.39, 0.29) is 11.8 Å². The first-order valence-corrected chi connectivity index (χ1v) is 11.6. The predicted octanol–water partition coefficient (Wildman–Crippen LogP) is 5.52. The summed E-state index contributed by atoms with van der Waals surface area (Å²) in [7, 11) is 0. The van der Waals surface area contributed by atoms with Crippen molar-refractivity contribution in [2.24, 2.45) is 5.92 Å². The molecular weight excluding hydrogens is 434 g/mol. The van der Waals surface area contributed by atoms with Crippen molar-refractivity contribution in [2.45, 2.75) is 26.7 Å². The van der Waals surface area contributed by atoms with Gasteiger partial charge in [-0.3, -0.25) is 4.79 Å². The molecule has 4 aromatic rings. The standard InChI is InChI=1S/C26H26ClN5O/c1-17-3-5-19(6-4-17)23-16-24-28-18(2)15-25(32(24)30-23)31-13-11-20(12-14-31)26(33)29-22-9-7-21(27)8-10-22/h3-10,15-16,20H,11-14H2,1-2H3,(H,29,33). The number of aromatic nitrogens is 3. The van der Waals surface area contributed by atoms with E-state index in [1.165, 1.54) is 5.56 Å². The van der Waals surface area contributed by atoms with Gasteiger partial charge >= 0.3 is 0 Å². The summed E-state index contributed by atoms with van der Waals surface area (Å²) >= 11 is 5.94. The van der Waals surface area contributed by atoms with E-state index in [1.807, 2.05) is 29.6 Å². The molecule has 6 nitrogen and oxygen atoms in total. The fraction of sp³-hybridized carbons (Fsp3) is 0.269. The molecule has 5 rings (SSSR count). The van der Waals surface area contributed by atoms with E-state index >= 15 is 0 Å². The number of fused-ring (bicyclic) bond motifs is 1. The second kappa shape index (κ2) is 8.87. The average molecular weight is 460 g/mol. The van der Waals surface area contributed by atoms with Crippen molar-refractivity contribution in [3.8, 4) is 11.3 Å². The first-order chi connectivity index (χ1) is 16.0. The highest BCUT2D eigenvalue weighted by Gasteiger charge is 2.27. The minimum absolute atomic E-state index is 0.0175. The Kier molecular flexibility index (Phi) is 5.77. The number of nitrogens with zero attached hydrogens (tertiary/aromatic N) is 4. The zero-order valence-corrected chi connectivity index (χ0v) is 19.5. The summed E-state index contributed by atoms with van der Waals surface area (Å²) in [4.78, 5) is 19.8. The number of rotatable bonds is 4. The van der Waals surface area contributed by atoms with Crippen molar-refractivity contribution in [1.82, 2.24) is 14.6 Å². The second-order valence-corrected chi connectivity index (χ2v) is 9.12. The van der Waals surface area contributed by atoms with E-state index in [9.17, 15) is 4.79 Å². The molecule has 7 heteroatoms. The summed E-state index contributed by atoms with van der Waals surface area (Å²) < 4.78 is 1.93. The number of halogens is 1. The zero-order valence-electron chi connectivity index (χ0n) is 18.8. The Labute approximate surface area is 198 Å². The molecule has 1 fully saturated rings. The van der Waals surface area contributed by atoms with Crippen LogP contribution in [0.2, 0.25) is 5.02 Å². The molecule has 168 valence electrons. The topological polar surface area (TPSA) is 62.5 Å². The van der Waals surface area contributed by atoms with E-state index in [0.29, 0.717) is 5.02 Å². The van der Waals surface area contributed by atoms with Crippen LogP contribution in [0.5, 0.6) is 0 Å². The largest absolute Gasteiger partial charge is 0.356 e. The number of aryl methyl sites for hydroxylation is 2. The molecule has 0 unspecified atom stereocenters. The molecule has 1 saturated heterocycles. The molecule has 0 aliphatic carbocycles. The van der Waals surface area contributed by atoms with Crippen LogP contribution >= 0.6 is 11.6 Å². The van der Waals surface area contributed by atoms with Gasteiger partial charge in [0.05, 0.1) is 5.69 Å². The van der Waals surface area contributed by atoms with E-state index in [1.54, 1.807) is 12.1 Å². The van der Waals surface area contributed by atoms with Crippen LogP contribution in [0.4, 0.5) is 11.5 Å². The van der Waals surface area contributed by atoms with Gasteiger partial charge in [0.15, 0.2) is 5.65 Å². The average Bonchev–Trinajstić information content (AvgIpc) is 3.24. The van der Waals surface area contributed by atoms with Crippen LogP contribution in [0, 0.1) is 19.8 Å². The number of anilines is 2. The van der Waals surface area contributed by atoms with Gasteiger partial charge in [0, 0.05) is 53.1 Å². The Morgan fingerprint density at radius 2 is 1.70 bits per heavy atom. The van der Waals surface area contributed by atoms with Crippen molar-refractivity contribution in [1.29, 1.82) is 0 Å².